The van der Waals surface area contributed by atoms with Crippen LogP contribution in [0.25, 0.3) is 0 Å². The highest BCUT2D eigenvalue weighted by atomic mass is 16.7. The van der Waals surface area contributed by atoms with Gasteiger partial charge in [0.05, 0.1) is 0 Å². The first-order valence-corrected chi connectivity index (χ1v) is 7.15. The third kappa shape index (κ3) is 4.92. The van der Waals surface area contributed by atoms with Crippen LogP contribution in [0.4, 0.5) is 5.69 Å². The number of carbonyl (C=O) groups excluding carboxylic acids is 2. The van der Waals surface area contributed by atoms with Gasteiger partial charge in [-0.1, -0.05) is 0 Å². The zero-order valence-corrected chi connectivity index (χ0v) is 12.8. The molecule has 0 radical (unpaired) electrons. The average Bonchev–Trinajstić information content (AvgIpc) is 2.90. The number of carbonyl (C=O) groups is 2. The molecule has 0 fully saturated rings. The molecule has 0 saturated heterocycles. The van der Waals surface area contributed by atoms with Crippen LogP contribution < -0.4 is 20.1 Å². The van der Waals surface area contributed by atoms with E-state index in [1.165, 1.54) is 0 Å². The number of benzene rings is 1. The van der Waals surface area contributed by atoms with Gasteiger partial charge < -0.3 is 25.0 Å². The van der Waals surface area contributed by atoms with E-state index in [1.807, 2.05) is 19.0 Å². The van der Waals surface area contributed by atoms with E-state index < -0.39 is 0 Å². The van der Waals surface area contributed by atoms with Gasteiger partial charge in [-0.15, -0.1) is 0 Å². The van der Waals surface area contributed by atoms with Crippen molar-refractivity contribution < 1.29 is 19.1 Å². The number of anilines is 1. The first-order chi connectivity index (χ1) is 10.5. The van der Waals surface area contributed by atoms with Crippen LogP contribution in [-0.2, 0) is 9.59 Å². The van der Waals surface area contributed by atoms with Gasteiger partial charge >= 0.3 is 0 Å². The number of ether oxygens (including phenoxy) is 2. The first-order valence-electron chi connectivity index (χ1n) is 7.15. The summed E-state index contributed by atoms with van der Waals surface area (Å²) in [6, 6.07) is 5.11. The van der Waals surface area contributed by atoms with Crippen molar-refractivity contribution in [1.82, 2.24) is 10.2 Å². The van der Waals surface area contributed by atoms with E-state index in [1.54, 1.807) is 18.2 Å². The zero-order chi connectivity index (χ0) is 15.9. The molecule has 0 aliphatic carbocycles. The van der Waals surface area contributed by atoms with Crippen molar-refractivity contribution in [2.24, 2.45) is 0 Å². The largest absolute Gasteiger partial charge is 0.454 e. The third-order valence-corrected chi connectivity index (χ3v) is 3.08. The fraction of sp³-hybridized carbons (Fsp3) is 0.467. The highest BCUT2D eigenvalue weighted by Gasteiger charge is 2.15. The first kappa shape index (κ1) is 16.1. The van der Waals surface area contributed by atoms with E-state index in [9.17, 15) is 9.59 Å². The quantitative estimate of drug-likeness (QED) is 0.576. The second-order valence-electron chi connectivity index (χ2n) is 5.30. The van der Waals surface area contributed by atoms with E-state index in [0.29, 0.717) is 23.7 Å². The van der Waals surface area contributed by atoms with E-state index in [4.69, 9.17) is 9.47 Å². The molecule has 1 aliphatic rings. The number of amides is 2. The fourth-order valence-corrected chi connectivity index (χ4v) is 2.01. The second-order valence-corrected chi connectivity index (χ2v) is 5.30. The predicted octanol–water partition coefficient (Wildman–Crippen LogP) is 0.812. The molecular formula is C15H21N3O4. The smallest absolute Gasteiger partial charge is 0.233 e. The summed E-state index contributed by atoms with van der Waals surface area (Å²) in [4.78, 5) is 25.5. The molecule has 0 aromatic heterocycles. The normalized spacial score (nSPS) is 12.3. The lowest BCUT2D eigenvalue weighted by Crippen LogP contribution is -2.30. The summed E-state index contributed by atoms with van der Waals surface area (Å²) < 4.78 is 10.4. The van der Waals surface area contributed by atoms with Gasteiger partial charge in [-0.2, -0.15) is 0 Å². The van der Waals surface area contributed by atoms with Crippen LogP contribution in [0.3, 0.4) is 0 Å². The van der Waals surface area contributed by atoms with Gasteiger partial charge in [-0.25, -0.2) is 0 Å². The van der Waals surface area contributed by atoms with Crippen LogP contribution in [0.2, 0.25) is 0 Å². The Morgan fingerprint density at radius 2 is 1.95 bits per heavy atom. The van der Waals surface area contributed by atoms with Crippen molar-refractivity contribution in [2.75, 3.05) is 39.3 Å². The predicted molar refractivity (Wildman–Crippen MR) is 82.0 cm³/mol. The Hall–Kier alpha value is -2.28. The lowest BCUT2D eigenvalue weighted by atomic mass is 10.2. The number of hydrogen-bond donors (Lipinski definition) is 2. The Morgan fingerprint density at radius 3 is 2.73 bits per heavy atom. The minimum absolute atomic E-state index is 0.183. The molecule has 7 heteroatoms. The summed E-state index contributed by atoms with van der Waals surface area (Å²) in [6.07, 6.45) is 0.652. The summed E-state index contributed by atoms with van der Waals surface area (Å²) in [7, 11) is 3.95. The summed E-state index contributed by atoms with van der Waals surface area (Å²) in [5, 5.41) is 5.39. The van der Waals surface area contributed by atoms with Crippen LogP contribution in [0, 0.1) is 0 Å². The topological polar surface area (TPSA) is 79.9 Å². The Bertz CT molecular complexity index is 546. The molecule has 1 aromatic rings. The summed E-state index contributed by atoms with van der Waals surface area (Å²) >= 11 is 0. The molecule has 1 aromatic carbocycles. The maximum Gasteiger partial charge on any atom is 0.233 e. The standard InChI is InChI=1S/C15H21N3O4/c1-18(2)7-3-6-16-14(19)9-15(20)17-11-4-5-12-13(8-11)22-10-21-12/h4-5,8H,3,6-7,9-10H2,1-2H3,(H,16,19)(H,17,20). The number of fused-ring (bicyclic) bond motifs is 1. The van der Waals surface area contributed by atoms with Gasteiger partial charge in [-0.05, 0) is 39.2 Å². The Labute approximate surface area is 129 Å². The second kappa shape index (κ2) is 7.65. The van der Waals surface area contributed by atoms with Crippen molar-refractivity contribution >= 4 is 17.5 Å². The van der Waals surface area contributed by atoms with Gasteiger partial charge in [0, 0.05) is 18.3 Å². The van der Waals surface area contributed by atoms with Crippen molar-refractivity contribution in [2.45, 2.75) is 12.8 Å². The van der Waals surface area contributed by atoms with Crippen LogP contribution in [0.1, 0.15) is 12.8 Å². The molecule has 22 heavy (non-hydrogen) atoms. The summed E-state index contributed by atoms with van der Waals surface area (Å²) in [5.74, 6) is 0.601. The Balaban J connectivity index is 1.72. The summed E-state index contributed by atoms with van der Waals surface area (Å²) in [6.45, 7) is 1.64. The highest BCUT2D eigenvalue weighted by molar-refractivity contribution is 6.03. The van der Waals surface area contributed by atoms with Crippen molar-refractivity contribution in [3.63, 3.8) is 0 Å². The van der Waals surface area contributed by atoms with E-state index in [-0.39, 0.29) is 25.0 Å². The average molecular weight is 307 g/mol. The number of nitrogens with one attached hydrogen (secondary N) is 2. The van der Waals surface area contributed by atoms with Crippen LogP contribution in [0.15, 0.2) is 18.2 Å². The van der Waals surface area contributed by atoms with Gasteiger partial charge in [-0.3, -0.25) is 9.59 Å². The molecule has 120 valence electrons. The van der Waals surface area contributed by atoms with E-state index in [2.05, 4.69) is 10.6 Å². The number of nitrogens with zero attached hydrogens (tertiary/aromatic N) is 1. The lowest BCUT2D eigenvalue weighted by molar-refractivity contribution is -0.126. The van der Waals surface area contributed by atoms with E-state index in [0.717, 1.165) is 13.0 Å². The minimum atomic E-state index is -0.357. The van der Waals surface area contributed by atoms with Crippen LogP contribution >= 0.6 is 0 Å². The molecule has 0 atom stereocenters. The summed E-state index contributed by atoms with van der Waals surface area (Å²) in [5.41, 5.74) is 0.578. The number of hydrogen-bond acceptors (Lipinski definition) is 5. The molecule has 0 unspecified atom stereocenters. The van der Waals surface area contributed by atoms with Crippen molar-refractivity contribution in [1.29, 1.82) is 0 Å². The number of rotatable bonds is 7. The lowest BCUT2D eigenvalue weighted by Gasteiger charge is -2.10. The van der Waals surface area contributed by atoms with Gasteiger partial charge in [0.25, 0.3) is 0 Å². The monoisotopic (exact) mass is 307 g/mol. The van der Waals surface area contributed by atoms with Gasteiger partial charge in [0.15, 0.2) is 11.5 Å². The molecule has 2 N–H and O–H groups in total. The molecule has 1 heterocycles. The van der Waals surface area contributed by atoms with Gasteiger partial charge in [0.2, 0.25) is 18.6 Å². The molecule has 2 rings (SSSR count). The molecule has 0 saturated carbocycles. The SMILES string of the molecule is CN(C)CCCNC(=O)CC(=O)Nc1ccc2c(c1)OCO2. The van der Waals surface area contributed by atoms with Crippen molar-refractivity contribution in [3.05, 3.63) is 18.2 Å². The maximum absolute atomic E-state index is 11.8. The van der Waals surface area contributed by atoms with Gasteiger partial charge in [0.1, 0.15) is 6.42 Å². The van der Waals surface area contributed by atoms with Crippen molar-refractivity contribution in [3.8, 4) is 11.5 Å². The molecule has 0 spiro atoms. The fourth-order valence-electron chi connectivity index (χ4n) is 2.01. The minimum Gasteiger partial charge on any atom is -0.454 e. The highest BCUT2D eigenvalue weighted by Crippen LogP contribution is 2.34. The van der Waals surface area contributed by atoms with Crippen LogP contribution in [-0.4, -0.2) is 50.7 Å². The van der Waals surface area contributed by atoms with Crippen LogP contribution in [0.5, 0.6) is 11.5 Å². The Kier molecular flexibility index (Phi) is 5.60. The molecule has 1 aliphatic heterocycles. The molecule has 2 amide bonds. The molecule has 0 bridgehead atoms. The van der Waals surface area contributed by atoms with E-state index >= 15 is 0 Å². The molecule has 7 nitrogen and oxygen atoms in total. The molecular weight excluding hydrogens is 286 g/mol. The maximum atomic E-state index is 11.8. The third-order valence-electron chi connectivity index (χ3n) is 3.08. The Morgan fingerprint density at radius 1 is 1.18 bits per heavy atom. The zero-order valence-electron chi connectivity index (χ0n) is 12.8.